The Morgan fingerprint density at radius 3 is 1.92 bits per heavy atom. The Morgan fingerprint density at radius 2 is 1.42 bits per heavy atom. The molecule has 0 spiro atoms. The average Bonchev–Trinajstić information content (AvgIpc) is 2.48. The van der Waals surface area contributed by atoms with Gasteiger partial charge in [-0.3, -0.25) is 4.79 Å². The predicted octanol–water partition coefficient (Wildman–Crippen LogP) is 5.09. The predicted molar refractivity (Wildman–Crippen MR) is 99.7 cm³/mol. The Labute approximate surface area is 145 Å². The van der Waals surface area contributed by atoms with Crippen molar-refractivity contribution in [1.29, 1.82) is 0 Å². The van der Waals surface area contributed by atoms with E-state index in [-0.39, 0.29) is 11.3 Å². The molecule has 0 atom stereocenters. The third-order valence-corrected chi connectivity index (χ3v) is 3.95. The molecule has 24 heavy (non-hydrogen) atoms. The van der Waals surface area contributed by atoms with Gasteiger partial charge in [-0.15, -0.1) is 0 Å². The second-order valence-electron chi connectivity index (χ2n) is 7.71. The number of amides is 1. The molecule has 2 aromatic rings. The number of carbonyl (C=O) groups excluding carboxylic acids is 1. The van der Waals surface area contributed by atoms with Gasteiger partial charge in [-0.1, -0.05) is 50.6 Å². The van der Waals surface area contributed by atoms with Crippen LogP contribution in [0.1, 0.15) is 45.7 Å². The molecule has 128 valence electrons. The molecule has 0 aliphatic carbocycles. The van der Waals surface area contributed by atoms with Gasteiger partial charge in [0.2, 0.25) is 0 Å². The first-order chi connectivity index (χ1) is 11.1. The second kappa shape index (κ2) is 6.68. The first-order valence-electron chi connectivity index (χ1n) is 8.26. The van der Waals surface area contributed by atoms with Crippen LogP contribution in [0.15, 0.2) is 48.5 Å². The lowest BCUT2D eigenvalue weighted by Crippen LogP contribution is -2.42. The maximum atomic E-state index is 12.5. The van der Waals surface area contributed by atoms with Crippen LogP contribution in [0.25, 0.3) is 0 Å². The monoisotopic (exact) mass is 325 g/mol. The van der Waals surface area contributed by atoms with Crippen molar-refractivity contribution in [2.75, 3.05) is 5.32 Å². The van der Waals surface area contributed by atoms with E-state index in [0.29, 0.717) is 5.75 Å². The van der Waals surface area contributed by atoms with Crippen molar-refractivity contribution < 1.29 is 9.53 Å². The average molecular weight is 325 g/mol. The van der Waals surface area contributed by atoms with Crippen molar-refractivity contribution in [2.24, 2.45) is 0 Å². The SMILES string of the molecule is Cc1ccc(NC(=O)C(C)(C)Oc2ccc(C(C)(C)C)cc2)cc1. The molecule has 1 N–H and O–H groups in total. The lowest BCUT2D eigenvalue weighted by molar-refractivity contribution is -0.128. The molecule has 3 nitrogen and oxygen atoms in total. The van der Waals surface area contributed by atoms with E-state index in [1.807, 2.05) is 55.5 Å². The Balaban J connectivity index is 2.06. The Bertz CT molecular complexity index is 692. The van der Waals surface area contributed by atoms with Crippen molar-refractivity contribution in [3.8, 4) is 5.75 Å². The van der Waals surface area contributed by atoms with Crippen LogP contribution in [-0.2, 0) is 10.2 Å². The van der Waals surface area contributed by atoms with Gasteiger partial charge in [0.15, 0.2) is 5.60 Å². The van der Waals surface area contributed by atoms with Gasteiger partial charge in [-0.25, -0.2) is 0 Å². The minimum atomic E-state index is -0.964. The number of benzene rings is 2. The normalized spacial score (nSPS) is 11.9. The first kappa shape index (κ1) is 18.1. The van der Waals surface area contributed by atoms with E-state index in [9.17, 15) is 4.79 Å². The number of carbonyl (C=O) groups is 1. The second-order valence-corrected chi connectivity index (χ2v) is 7.71. The molecule has 2 aromatic carbocycles. The highest BCUT2D eigenvalue weighted by molar-refractivity contribution is 5.97. The zero-order chi connectivity index (χ0) is 18.0. The zero-order valence-corrected chi connectivity index (χ0v) is 15.4. The Hall–Kier alpha value is -2.29. The van der Waals surface area contributed by atoms with E-state index >= 15 is 0 Å². The van der Waals surface area contributed by atoms with Crippen LogP contribution in [-0.4, -0.2) is 11.5 Å². The summed E-state index contributed by atoms with van der Waals surface area (Å²) in [5, 5.41) is 2.90. The largest absolute Gasteiger partial charge is 0.478 e. The van der Waals surface area contributed by atoms with Gasteiger partial charge in [0.25, 0.3) is 5.91 Å². The third kappa shape index (κ3) is 4.60. The topological polar surface area (TPSA) is 38.3 Å². The zero-order valence-electron chi connectivity index (χ0n) is 15.4. The van der Waals surface area contributed by atoms with Crippen LogP contribution in [0.3, 0.4) is 0 Å². The summed E-state index contributed by atoms with van der Waals surface area (Å²) in [6.45, 7) is 12.1. The van der Waals surface area contributed by atoms with Crippen molar-refractivity contribution in [2.45, 2.75) is 52.6 Å². The third-order valence-electron chi connectivity index (χ3n) is 3.95. The van der Waals surface area contributed by atoms with Gasteiger partial charge in [-0.2, -0.15) is 0 Å². The molecule has 0 heterocycles. The smallest absolute Gasteiger partial charge is 0.267 e. The molecular weight excluding hydrogens is 298 g/mol. The standard InChI is InChI=1S/C21H27NO2/c1-15-7-11-17(12-8-15)22-19(23)21(5,6)24-18-13-9-16(10-14-18)20(2,3)4/h7-14H,1-6H3,(H,22,23). The van der Waals surface area contributed by atoms with Crippen molar-refractivity contribution in [1.82, 2.24) is 0 Å². The molecular formula is C21H27NO2. The van der Waals surface area contributed by atoms with Crippen LogP contribution in [0.5, 0.6) is 5.75 Å². The molecule has 0 fully saturated rings. The van der Waals surface area contributed by atoms with Gasteiger partial charge >= 0.3 is 0 Å². The number of nitrogens with one attached hydrogen (secondary N) is 1. The highest BCUT2D eigenvalue weighted by atomic mass is 16.5. The van der Waals surface area contributed by atoms with Crippen LogP contribution < -0.4 is 10.1 Å². The van der Waals surface area contributed by atoms with Crippen LogP contribution in [0.2, 0.25) is 0 Å². The Morgan fingerprint density at radius 1 is 0.875 bits per heavy atom. The summed E-state index contributed by atoms with van der Waals surface area (Å²) < 4.78 is 5.92. The molecule has 0 radical (unpaired) electrons. The lowest BCUT2D eigenvalue weighted by Gasteiger charge is -2.26. The van der Waals surface area contributed by atoms with E-state index in [1.54, 1.807) is 13.8 Å². The first-order valence-corrected chi connectivity index (χ1v) is 8.26. The summed E-state index contributed by atoms with van der Waals surface area (Å²) >= 11 is 0. The van der Waals surface area contributed by atoms with Gasteiger partial charge in [0.05, 0.1) is 0 Å². The molecule has 2 rings (SSSR count). The fraction of sp³-hybridized carbons (Fsp3) is 0.381. The van der Waals surface area contributed by atoms with E-state index in [0.717, 1.165) is 11.3 Å². The number of aryl methyl sites for hydroxylation is 1. The molecule has 0 saturated carbocycles. The highest BCUT2D eigenvalue weighted by Gasteiger charge is 2.30. The number of ether oxygens (including phenoxy) is 1. The molecule has 0 saturated heterocycles. The molecule has 0 unspecified atom stereocenters. The molecule has 0 aromatic heterocycles. The molecule has 0 aliphatic heterocycles. The minimum absolute atomic E-state index is 0.0941. The number of anilines is 1. The van der Waals surface area contributed by atoms with E-state index < -0.39 is 5.60 Å². The van der Waals surface area contributed by atoms with Crippen LogP contribution in [0.4, 0.5) is 5.69 Å². The van der Waals surface area contributed by atoms with Crippen molar-refractivity contribution in [3.63, 3.8) is 0 Å². The van der Waals surface area contributed by atoms with Gasteiger partial charge in [-0.05, 0) is 56.0 Å². The summed E-state index contributed by atoms with van der Waals surface area (Å²) in [5.41, 5.74) is 2.29. The summed E-state index contributed by atoms with van der Waals surface area (Å²) in [5.74, 6) is 0.512. The van der Waals surface area contributed by atoms with Crippen LogP contribution >= 0.6 is 0 Å². The van der Waals surface area contributed by atoms with Crippen LogP contribution in [0, 0.1) is 6.92 Å². The van der Waals surface area contributed by atoms with Gasteiger partial charge in [0.1, 0.15) is 5.75 Å². The van der Waals surface area contributed by atoms with Gasteiger partial charge in [0, 0.05) is 5.69 Å². The summed E-state index contributed by atoms with van der Waals surface area (Å²) in [4.78, 5) is 12.5. The molecule has 0 aliphatic rings. The lowest BCUT2D eigenvalue weighted by atomic mass is 9.87. The fourth-order valence-corrected chi connectivity index (χ4v) is 2.28. The quantitative estimate of drug-likeness (QED) is 0.850. The minimum Gasteiger partial charge on any atom is -0.478 e. The summed E-state index contributed by atoms with van der Waals surface area (Å²) in [6, 6.07) is 15.6. The maximum Gasteiger partial charge on any atom is 0.267 e. The summed E-state index contributed by atoms with van der Waals surface area (Å²) in [7, 11) is 0. The summed E-state index contributed by atoms with van der Waals surface area (Å²) in [6.07, 6.45) is 0. The number of hydrogen-bond acceptors (Lipinski definition) is 2. The van der Waals surface area contributed by atoms with E-state index in [1.165, 1.54) is 5.56 Å². The van der Waals surface area contributed by atoms with E-state index in [2.05, 4.69) is 26.1 Å². The van der Waals surface area contributed by atoms with Gasteiger partial charge < -0.3 is 10.1 Å². The number of rotatable bonds is 4. The maximum absolute atomic E-state index is 12.5. The molecule has 1 amide bonds. The highest BCUT2D eigenvalue weighted by Crippen LogP contribution is 2.26. The number of hydrogen-bond donors (Lipinski definition) is 1. The molecule has 3 heteroatoms. The fourth-order valence-electron chi connectivity index (χ4n) is 2.28. The van der Waals surface area contributed by atoms with Crippen molar-refractivity contribution >= 4 is 11.6 Å². The van der Waals surface area contributed by atoms with E-state index in [4.69, 9.17) is 4.74 Å². The Kier molecular flexibility index (Phi) is 5.02. The molecule has 0 bridgehead atoms. The van der Waals surface area contributed by atoms with Crippen molar-refractivity contribution in [3.05, 3.63) is 59.7 Å².